The van der Waals surface area contributed by atoms with Crippen molar-refractivity contribution in [1.29, 1.82) is 0 Å². The number of nitrogens with one attached hydrogen (secondary N) is 1. The van der Waals surface area contributed by atoms with Gasteiger partial charge in [0.1, 0.15) is 17.0 Å². The Morgan fingerprint density at radius 1 is 1.38 bits per heavy atom. The normalized spacial score (nSPS) is 16.3. The fraction of sp³-hybridized carbons (Fsp3) is 0.300. The minimum Gasteiger partial charge on any atom is -0.323 e. The number of thioether (sulfide) groups is 1. The van der Waals surface area contributed by atoms with Crippen molar-refractivity contribution in [1.82, 2.24) is 19.6 Å². The number of para-hydroxylation sites is 1. The van der Waals surface area contributed by atoms with E-state index < -0.39 is 5.82 Å². The Morgan fingerprint density at radius 2 is 2.24 bits per heavy atom. The number of aryl methyl sites for hydroxylation is 1. The van der Waals surface area contributed by atoms with E-state index in [1.54, 1.807) is 29.8 Å². The predicted octanol–water partition coefficient (Wildman–Crippen LogP) is 4.33. The number of hydrogen-bond donors (Lipinski definition) is 1. The van der Waals surface area contributed by atoms with Crippen LogP contribution in [0.5, 0.6) is 0 Å². The summed E-state index contributed by atoms with van der Waals surface area (Å²) in [6.45, 7) is 2.29. The number of aromatic nitrogens is 4. The maximum absolute atomic E-state index is 13.7. The molecule has 0 unspecified atom stereocenters. The maximum atomic E-state index is 13.7. The molecule has 0 fully saturated rings. The molecule has 1 amide bonds. The van der Waals surface area contributed by atoms with Crippen LogP contribution in [0.25, 0.3) is 15.9 Å². The number of nitrogens with zero attached hydrogens (tertiary/aromatic N) is 4. The van der Waals surface area contributed by atoms with Gasteiger partial charge in [-0.25, -0.2) is 9.37 Å². The Bertz CT molecular complexity index is 1230. The first-order chi connectivity index (χ1) is 14.1. The van der Waals surface area contributed by atoms with E-state index in [1.165, 1.54) is 40.8 Å². The molecule has 3 aromatic heterocycles. The highest BCUT2D eigenvalue weighted by molar-refractivity contribution is 7.99. The molecule has 3 heterocycles. The fourth-order valence-electron chi connectivity index (χ4n) is 3.70. The van der Waals surface area contributed by atoms with Crippen LogP contribution in [-0.2, 0) is 17.6 Å². The van der Waals surface area contributed by atoms with Gasteiger partial charge in [0.05, 0.1) is 16.8 Å². The number of anilines is 1. The standard InChI is InChI=1S/C20H18FN5OS2/c1-11-6-7-12-15(8-11)29-19-17(12)18-24-25-20(26(18)10-22-19)28-9-16(27)23-14-5-3-2-4-13(14)21/h2-5,10-11H,6-9H2,1H3,(H,23,27)/t11-/m1/s1. The average Bonchev–Trinajstić information content (AvgIpc) is 3.28. The third-order valence-electron chi connectivity index (χ3n) is 5.15. The Hall–Kier alpha value is -2.52. The summed E-state index contributed by atoms with van der Waals surface area (Å²) in [4.78, 5) is 19.2. The Morgan fingerprint density at radius 3 is 3.10 bits per heavy atom. The molecule has 29 heavy (non-hydrogen) atoms. The summed E-state index contributed by atoms with van der Waals surface area (Å²) in [5.74, 6) is 0.0464. The predicted molar refractivity (Wildman–Crippen MR) is 113 cm³/mol. The molecule has 1 aliphatic rings. The number of carbonyl (C=O) groups is 1. The molecule has 0 aliphatic heterocycles. The monoisotopic (exact) mass is 427 g/mol. The molecule has 148 valence electrons. The lowest BCUT2D eigenvalue weighted by atomic mass is 9.89. The van der Waals surface area contributed by atoms with E-state index >= 15 is 0 Å². The van der Waals surface area contributed by atoms with Gasteiger partial charge in [0, 0.05) is 4.88 Å². The van der Waals surface area contributed by atoms with Crippen LogP contribution in [0.2, 0.25) is 0 Å². The van der Waals surface area contributed by atoms with E-state index in [0.717, 1.165) is 28.7 Å². The highest BCUT2D eigenvalue weighted by atomic mass is 32.2. The first-order valence-corrected chi connectivity index (χ1v) is 11.2. The third-order valence-corrected chi connectivity index (χ3v) is 7.26. The minimum atomic E-state index is -0.457. The molecule has 1 N–H and O–H groups in total. The van der Waals surface area contributed by atoms with Crippen LogP contribution in [0.1, 0.15) is 23.8 Å². The van der Waals surface area contributed by atoms with Crippen molar-refractivity contribution < 1.29 is 9.18 Å². The number of fused-ring (bicyclic) bond motifs is 5. The lowest BCUT2D eigenvalue weighted by Crippen LogP contribution is -2.15. The number of thiophene rings is 1. The molecule has 6 nitrogen and oxygen atoms in total. The summed E-state index contributed by atoms with van der Waals surface area (Å²) in [6, 6.07) is 6.11. The molecule has 1 aliphatic carbocycles. The van der Waals surface area contributed by atoms with Gasteiger partial charge in [-0.2, -0.15) is 0 Å². The Labute approximate surface area is 174 Å². The molecule has 5 rings (SSSR count). The van der Waals surface area contributed by atoms with E-state index in [0.29, 0.717) is 11.1 Å². The lowest BCUT2D eigenvalue weighted by molar-refractivity contribution is -0.113. The molecule has 1 aromatic carbocycles. The zero-order chi connectivity index (χ0) is 20.0. The van der Waals surface area contributed by atoms with E-state index in [1.807, 2.05) is 4.40 Å². The number of amides is 1. The summed E-state index contributed by atoms with van der Waals surface area (Å²) in [6.07, 6.45) is 5.03. The summed E-state index contributed by atoms with van der Waals surface area (Å²) in [7, 11) is 0. The van der Waals surface area contributed by atoms with Gasteiger partial charge in [-0.05, 0) is 42.9 Å². The molecule has 0 spiro atoms. The number of hydrogen-bond acceptors (Lipinski definition) is 6. The second kappa shape index (κ2) is 7.38. The molecular weight excluding hydrogens is 409 g/mol. The molecule has 0 radical (unpaired) electrons. The second-order valence-corrected chi connectivity index (χ2v) is 9.30. The first kappa shape index (κ1) is 18.5. The van der Waals surface area contributed by atoms with Crippen molar-refractivity contribution in [3.63, 3.8) is 0 Å². The number of benzene rings is 1. The molecule has 4 aromatic rings. The van der Waals surface area contributed by atoms with E-state index in [2.05, 4.69) is 27.4 Å². The number of carbonyl (C=O) groups excluding carboxylic acids is 1. The number of rotatable bonds is 4. The molecule has 1 atom stereocenters. The van der Waals surface area contributed by atoms with Gasteiger partial charge in [-0.3, -0.25) is 9.20 Å². The molecule has 0 saturated carbocycles. The zero-order valence-electron chi connectivity index (χ0n) is 15.7. The van der Waals surface area contributed by atoms with Crippen LogP contribution < -0.4 is 5.32 Å². The Kier molecular flexibility index (Phi) is 4.71. The van der Waals surface area contributed by atoms with Crippen LogP contribution in [-0.4, -0.2) is 31.2 Å². The summed E-state index contributed by atoms with van der Waals surface area (Å²) >= 11 is 3.01. The molecule has 0 saturated heterocycles. The van der Waals surface area contributed by atoms with Crippen molar-refractivity contribution in [2.75, 3.05) is 11.1 Å². The molecular formula is C20H18FN5OS2. The van der Waals surface area contributed by atoms with Gasteiger partial charge in [-0.1, -0.05) is 30.8 Å². The SMILES string of the molecule is C[C@@H]1CCc2c(sc3ncn4c(SCC(=O)Nc5ccccc5F)nnc4c23)C1. The van der Waals surface area contributed by atoms with E-state index in [4.69, 9.17) is 0 Å². The molecule has 0 bridgehead atoms. The maximum Gasteiger partial charge on any atom is 0.234 e. The van der Waals surface area contributed by atoms with Gasteiger partial charge in [0.25, 0.3) is 0 Å². The second-order valence-electron chi connectivity index (χ2n) is 7.27. The van der Waals surface area contributed by atoms with Crippen LogP contribution in [0.15, 0.2) is 35.7 Å². The van der Waals surface area contributed by atoms with Gasteiger partial charge in [0.2, 0.25) is 5.91 Å². The summed E-state index contributed by atoms with van der Waals surface area (Å²) < 4.78 is 15.5. The van der Waals surface area contributed by atoms with E-state index in [-0.39, 0.29) is 17.3 Å². The minimum absolute atomic E-state index is 0.104. The van der Waals surface area contributed by atoms with Gasteiger partial charge in [-0.15, -0.1) is 21.5 Å². The van der Waals surface area contributed by atoms with Crippen molar-refractivity contribution in [3.05, 3.63) is 46.9 Å². The average molecular weight is 428 g/mol. The summed E-state index contributed by atoms with van der Waals surface area (Å²) in [5, 5.41) is 12.9. The highest BCUT2D eigenvalue weighted by Gasteiger charge is 2.24. The first-order valence-electron chi connectivity index (χ1n) is 9.41. The third kappa shape index (κ3) is 3.38. The zero-order valence-corrected chi connectivity index (χ0v) is 17.3. The van der Waals surface area contributed by atoms with Crippen molar-refractivity contribution in [3.8, 4) is 0 Å². The van der Waals surface area contributed by atoms with Crippen LogP contribution >= 0.6 is 23.1 Å². The van der Waals surface area contributed by atoms with Crippen LogP contribution in [0.3, 0.4) is 0 Å². The van der Waals surface area contributed by atoms with Gasteiger partial charge < -0.3 is 5.32 Å². The van der Waals surface area contributed by atoms with Crippen molar-refractivity contribution >= 4 is 50.6 Å². The quantitative estimate of drug-likeness (QED) is 0.491. The number of halogens is 1. The van der Waals surface area contributed by atoms with Crippen LogP contribution in [0, 0.1) is 11.7 Å². The van der Waals surface area contributed by atoms with Gasteiger partial charge >= 0.3 is 0 Å². The topological polar surface area (TPSA) is 72.2 Å². The lowest BCUT2D eigenvalue weighted by Gasteiger charge is -2.17. The van der Waals surface area contributed by atoms with E-state index in [9.17, 15) is 9.18 Å². The smallest absolute Gasteiger partial charge is 0.234 e. The van der Waals surface area contributed by atoms with Crippen LogP contribution in [0.4, 0.5) is 10.1 Å². The highest BCUT2D eigenvalue weighted by Crippen LogP contribution is 2.39. The Balaban J connectivity index is 1.39. The van der Waals surface area contributed by atoms with Crippen molar-refractivity contribution in [2.24, 2.45) is 5.92 Å². The van der Waals surface area contributed by atoms with Gasteiger partial charge in [0.15, 0.2) is 10.8 Å². The van der Waals surface area contributed by atoms with Crippen molar-refractivity contribution in [2.45, 2.75) is 31.3 Å². The largest absolute Gasteiger partial charge is 0.323 e. The fourth-order valence-corrected chi connectivity index (χ4v) is 5.75. The summed E-state index contributed by atoms with van der Waals surface area (Å²) in [5.41, 5.74) is 2.31. The molecule has 9 heteroatoms.